The van der Waals surface area contributed by atoms with Crippen LogP contribution in [0.25, 0.3) is 0 Å². The van der Waals surface area contributed by atoms with Crippen LogP contribution in [0.5, 0.6) is 0 Å². The molecule has 1 saturated heterocycles. The standard InChI is InChI=1S/C19H27N7OS/c27-18(24-19-23-15-5-1-2-6-16(15)28-19)22-9-4-10-25-11-13-26(14-12-25)17-20-7-3-8-21-17/h3,7-8H,1-2,4-6,9-14H2,(H2,22,23,24,27). The number of rotatable bonds is 6. The van der Waals surface area contributed by atoms with Gasteiger partial charge in [-0.3, -0.25) is 10.2 Å². The highest BCUT2D eigenvalue weighted by Gasteiger charge is 2.19. The van der Waals surface area contributed by atoms with Crippen molar-refractivity contribution >= 4 is 28.4 Å². The highest BCUT2D eigenvalue weighted by molar-refractivity contribution is 7.15. The zero-order valence-electron chi connectivity index (χ0n) is 16.1. The van der Waals surface area contributed by atoms with Crippen LogP contribution in [-0.2, 0) is 12.8 Å². The Morgan fingerprint density at radius 1 is 1.11 bits per heavy atom. The summed E-state index contributed by atoms with van der Waals surface area (Å²) in [6.45, 7) is 5.51. The van der Waals surface area contributed by atoms with Crippen molar-refractivity contribution in [3.05, 3.63) is 29.0 Å². The second-order valence-corrected chi connectivity index (χ2v) is 8.29. The summed E-state index contributed by atoms with van der Waals surface area (Å²) in [7, 11) is 0. The molecule has 1 aliphatic carbocycles. The number of thiazole rings is 1. The monoisotopic (exact) mass is 401 g/mol. The van der Waals surface area contributed by atoms with E-state index in [2.05, 4.69) is 35.4 Å². The van der Waals surface area contributed by atoms with Crippen LogP contribution < -0.4 is 15.5 Å². The number of aryl methyl sites for hydroxylation is 2. The van der Waals surface area contributed by atoms with Gasteiger partial charge in [-0.15, -0.1) is 11.3 Å². The fraction of sp³-hybridized carbons (Fsp3) is 0.579. The second-order valence-electron chi connectivity index (χ2n) is 7.21. The van der Waals surface area contributed by atoms with Gasteiger partial charge in [-0.2, -0.15) is 0 Å². The zero-order valence-corrected chi connectivity index (χ0v) is 16.9. The SMILES string of the molecule is O=C(NCCCN1CCN(c2ncccn2)CC1)Nc1nc2c(s1)CCCC2. The van der Waals surface area contributed by atoms with Crippen molar-refractivity contribution in [3.8, 4) is 0 Å². The molecule has 2 N–H and O–H groups in total. The fourth-order valence-electron chi connectivity index (χ4n) is 3.68. The van der Waals surface area contributed by atoms with E-state index in [0.29, 0.717) is 6.54 Å². The molecule has 0 unspecified atom stereocenters. The number of hydrogen-bond donors (Lipinski definition) is 2. The maximum atomic E-state index is 12.1. The molecule has 3 heterocycles. The third-order valence-electron chi connectivity index (χ3n) is 5.21. The molecule has 0 spiro atoms. The highest BCUT2D eigenvalue weighted by atomic mass is 32.1. The number of anilines is 2. The number of aromatic nitrogens is 3. The Bertz CT molecular complexity index is 750. The van der Waals surface area contributed by atoms with Gasteiger partial charge in [0.25, 0.3) is 0 Å². The van der Waals surface area contributed by atoms with Crippen molar-refractivity contribution in [2.24, 2.45) is 0 Å². The Labute approximate surface area is 169 Å². The van der Waals surface area contributed by atoms with Crippen molar-refractivity contribution < 1.29 is 4.79 Å². The molecule has 2 amide bonds. The molecule has 1 aliphatic heterocycles. The summed E-state index contributed by atoms with van der Waals surface area (Å²) in [6, 6.07) is 1.68. The van der Waals surface area contributed by atoms with E-state index >= 15 is 0 Å². The minimum atomic E-state index is -0.155. The number of fused-ring (bicyclic) bond motifs is 1. The van der Waals surface area contributed by atoms with Gasteiger partial charge in [0.1, 0.15) is 0 Å². The molecule has 0 atom stereocenters. The van der Waals surface area contributed by atoms with Gasteiger partial charge in [0.2, 0.25) is 5.95 Å². The van der Waals surface area contributed by atoms with Crippen LogP contribution in [-0.4, -0.2) is 65.2 Å². The summed E-state index contributed by atoms with van der Waals surface area (Å²) in [5, 5.41) is 6.56. The lowest BCUT2D eigenvalue weighted by Gasteiger charge is -2.34. The minimum absolute atomic E-state index is 0.155. The maximum absolute atomic E-state index is 12.1. The van der Waals surface area contributed by atoms with Gasteiger partial charge < -0.3 is 10.2 Å². The third kappa shape index (κ3) is 4.96. The van der Waals surface area contributed by atoms with Crippen LogP contribution in [0.15, 0.2) is 18.5 Å². The van der Waals surface area contributed by atoms with Crippen molar-refractivity contribution in [2.75, 3.05) is 49.5 Å². The number of carbonyl (C=O) groups is 1. The molecule has 0 saturated carbocycles. The van der Waals surface area contributed by atoms with Crippen molar-refractivity contribution in [1.29, 1.82) is 0 Å². The van der Waals surface area contributed by atoms with E-state index < -0.39 is 0 Å². The van der Waals surface area contributed by atoms with Gasteiger partial charge in [0.15, 0.2) is 5.13 Å². The van der Waals surface area contributed by atoms with Gasteiger partial charge in [-0.25, -0.2) is 19.7 Å². The zero-order chi connectivity index (χ0) is 19.2. The van der Waals surface area contributed by atoms with Crippen LogP contribution in [0.1, 0.15) is 29.8 Å². The number of piperazine rings is 1. The minimum Gasteiger partial charge on any atom is -0.338 e. The molecular formula is C19H27N7OS. The molecule has 8 nitrogen and oxygen atoms in total. The van der Waals surface area contributed by atoms with E-state index in [1.54, 1.807) is 23.7 Å². The number of amides is 2. The molecule has 4 rings (SSSR count). The van der Waals surface area contributed by atoms with Crippen molar-refractivity contribution in [1.82, 2.24) is 25.2 Å². The summed E-state index contributed by atoms with van der Waals surface area (Å²) in [4.78, 5) is 31.2. The molecule has 9 heteroatoms. The summed E-state index contributed by atoms with van der Waals surface area (Å²) >= 11 is 1.62. The molecule has 1 fully saturated rings. The van der Waals surface area contributed by atoms with Crippen LogP contribution in [0.2, 0.25) is 0 Å². The average molecular weight is 402 g/mol. The summed E-state index contributed by atoms with van der Waals surface area (Å²) in [6.07, 6.45) is 9.07. The lowest BCUT2D eigenvalue weighted by Crippen LogP contribution is -2.47. The molecule has 0 bridgehead atoms. The highest BCUT2D eigenvalue weighted by Crippen LogP contribution is 2.29. The van der Waals surface area contributed by atoms with Crippen molar-refractivity contribution in [3.63, 3.8) is 0 Å². The molecular weight excluding hydrogens is 374 g/mol. The number of carbonyl (C=O) groups excluding carboxylic acids is 1. The Hall–Kier alpha value is -2.26. The van der Waals surface area contributed by atoms with Gasteiger partial charge in [-0.05, 0) is 44.7 Å². The largest absolute Gasteiger partial charge is 0.338 e. The van der Waals surface area contributed by atoms with Crippen LogP contribution in [0.3, 0.4) is 0 Å². The molecule has 2 aliphatic rings. The molecule has 0 aromatic carbocycles. The third-order valence-corrected chi connectivity index (χ3v) is 6.28. The van der Waals surface area contributed by atoms with Crippen molar-refractivity contribution in [2.45, 2.75) is 32.1 Å². The first-order chi connectivity index (χ1) is 13.8. The maximum Gasteiger partial charge on any atom is 0.321 e. The lowest BCUT2D eigenvalue weighted by atomic mass is 10.0. The fourth-order valence-corrected chi connectivity index (χ4v) is 4.72. The Morgan fingerprint density at radius 2 is 1.89 bits per heavy atom. The number of hydrogen-bond acceptors (Lipinski definition) is 7. The van der Waals surface area contributed by atoms with Crippen LogP contribution in [0.4, 0.5) is 15.9 Å². The first-order valence-electron chi connectivity index (χ1n) is 10.1. The van der Waals surface area contributed by atoms with Gasteiger partial charge >= 0.3 is 6.03 Å². The Morgan fingerprint density at radius 3 is 2.68 bits per heavy atom. The van der Waals surface area contributed by atoms with E-state index in [-0.39, 0.29) is 6.03 Å². The van der Waals surface area contributed by atoms with Gasteiger partial charge in [0.05, 0.1) is 5.69 Å². The van der Waals surface area contributed by atoms with Gasteiger partial charge in [-0.1, -0.05) is 0 Å². The average Bonchev–Trinajstić information content (AvgIpc) is 3.14. The first-order valence-corrected chi connectivity index (χ1v) is 10.9. The predicted molar refractivity (Wildman–Crippen MR) is 111 cm³/mol. The Balaban J connectivity index is 1.12. The van der Waals surface area contributed by atoms with E-state index in [9.17, 15) is 4.79 Å². The summed E-state index contributed by atoms with van der Waals surface area (Å²) in [5.74, 6) is 0.810. The van der Waals surface area contributed by atoms with E-state index in [0.717, 1.165) is 63.1 Å². The number of nitrogens with zero attached hydrogens (tertiary/aromatic N) is 5. The number of nitrogens with one attached hydrogen (secondary N) is 2. The molecule has 0 radical (unpaired) electrons. The van der Waals surface area contributed by atoms with Gasteiger partial charge in [0, 0.05) is 50.0 Å². The summed E-state index contributed by atoms with van der Waals surface area (Å²) in [5.41, 5.74) is 1.17. The second kappa shape index (κ2) is 9.29. The predicted octanol–water partition coefficient (Wildman–Crippen LogP) is 2.15. The molecule has 2 aromatic rings. The van der Waals surface area contributed by atoms with E-state index in [4.69, 9.17) is 0 Å². The van der Waals surface area contributed by atoms with E-state index in [1.807, 2.05) is 6.07 Å². The topological polar surface area (TPSA) is 86.3 Å². The Kier molecular flexibility index (Phi) is 6.33. The normalized spacial score (nSPS) is 17.2. The molecule has 28 heavy (non-hydrogen) atoms. The lowest BCUT2D eigenvalue weighted by molar-refractivity contribution is 0.244. The van der Waals surface area contributed by atoms with Crippen LogP contribution >= 0.6 is 11.3 Å². The summed E-state index contributed by atoms with van der Waals surface area (Å²) < 4.78 is 0. The van der Waals surface area contributed by atoms with E-state index in [1.165, 1.54) is 23.4 Å². The first kappa shape index (κ1) is 19.1. The molecule has 150 valence electrons. The molecule has 2 aromatic heterocycles. The number of urea groups is 1. The quantitative estimate of drug-likeness (QED) is 0.722. The smallest absolute Gasteiger partial charge is 0.321 e. The van der Waals surface area contributed by atoms with Crippen LogP contribution in [0, 0.1) is 0 Å².